The third-order valence-electron chi connectivity index (χ3n) is 1.87. The van der Waals surface area contributed by atoms with Crippen LogP contribution in [0.2, 0.25) is 0 Å². The summed E-state index contributed by atoms with van der Waals surface area (Å²) in [5.74, 6) is -1.92. The zero-order chi connectivity index (χ0) is 9.35. The Kier molecular flexibility index (Phi) is 2.39. The minimum absolute atomic E-state index is 0.139. The number of rotatable bonds is 2. The summed E-state index contributed by atoms with van der Waals surface area (Å²) in [6.07, 6.45) is 0. The maximum Gasteiger partial charge on any atom is 0.310 e. The van der Waals surface area contributed by atoms with Gasteiger partial charge in [-0.1, -0.05) is 6.92 Å². The molecule has 1 rings (SSSR count). The van der Waals surface area contributed by atoms with Crippen molar-refractivity contribution >= 4 is 16.1 Å². The summed E-state index contributed by atoms with van der Waals surface area (Å²) in [5, 5.41) is 0. The lowest BCUT2D eigenvalue weighted by molar-refractivity contribution is -0.140. The first-order valence-electron chi connectivity index (χ1n) is 3.52. The van der Waals surface area contributed by atoms with Gasteiger partial charge in [0.05, 0.1) is 18.3 Å². The molecule has 0 aromatic carbocycles. The van der Waals surface area contributed by atoms with Crippen molar-refractivity contribution in [3.05, 3.63) is 0 Å². The first-order valence-corrected chi connectivity index (χ1v) is 5.13. The van der Waals surface area contributed by atoms with Crippen molar-refractivity contribution in [2.75, 3.05) is 12.4 Å². The van der Waals surface area contributed by atoms with Gasteiger partial charge in [0, 0.05) is 5.92 Å². The first-order chi connectivity index (χ1) is 5.40. The minimum atomic E-state index is -4.07. The van der Waals surface area contributed by atoms with Crippen LogP contribution in [0.4, 0.5) is 0 Å². The van der Waals surface area contributed by atoms with Gasteiger partial charge in [0.25, 0.3) is 10.1 Å². The van der Waals surface area contributed by atoms with E-state index >= 15 is 0 Å². The van der Waals surface area contributed by atoms with Crippen LogP contribution in [0.1, 0.15) is 6.92 Å². The lowest BCUT2D eigenvalue weighted by atomic mass is 10.0. The van der Waals surface area contributed by atoms with E-state index in [1.165, 1.54) is 0 Å². The van der Waals surface area contributed by atoms with Crippen molar-refractivity contribution in [2.45, 2.75) is 6.92 Å². The molecular formula is C6H10O5S. The van der Waals surface area contributed by atoms with Crippen LogP contribution in [0.15, 0.2) is 0 Å². The first kappa shape index (κ1) is 9.47. The maximum atomic E-state index is 10.9. The van der Waals surface area contributed by atoms with Crippen LogP contribution in [0.5, 0.6) is 0 Å². The van der Waals surface area contributed by atoms with Gasteiger partial charge in [-0.05, 0) is 0 Å². The van der Waals surface area contributed by atoms with Gasteiger partial charge < -0.3 is 4.74 Å². The van der Waals surface area contributed by atoms with Gasteiger partial charge in [0.2, 0.25) is 0 Å². The molecule has 0 amide bonds. The Morgan fingerprint density at radius 2 is 2.25 bits per heavy atom. The number of cyclic esters (lactones) is 1. The average Bonchev–Trinajstić information content (AvgIpc) is 2.16. The fraction of sp³-hybridized carbons (Fsp3) is 0.833. The Morgan fingerprint density at radius 3 is 2.58 bits per heavy atom. The molecule has 2 atom stereocenters. The molecule has 1 fully saturated rings. The van der Waals surface area contributed by atoms with Gasteiger partial charge in [-0.25, -0.2) is 0 Å². The third-order valence-corrected chi connectivity index (χ3v) is 2.65. The topological polar surface area (TPSA) is 80.7 Å². The standard InChI is InChI=1S/C6H10O5S/c1-4-2-11-6(7)5(4)3-12(8,9)10/h4-5H,2-3H2,1H3,(H,8,9,10). The Bertz CT molecular complexity index is 280. The highest BCUT2D eigenvalue weighted by Crippen LogP contribution is 2.22. The van der Waals surface area contributed by atoms with Gasteiger partial charge in [-0.15, -0.1) is 0 Å². The quantitative estimate of drug-likeness (QED) is 0.481. The van der Waals surface area contributed by atoms with E-state index in [4.69, 9.17) is 4.55 Å². The van der Waals surface area contributed by atoms with Crippen LogP contribution in [-0.4, -0.2) is 31.3 Å². The molecule has 1 aliphatic heterocycles. The molecule has 1 N–H and O–H groups in total. The van der Waals surface area contributed by atoms with Crippen LogP contribution >= 0.6 is 0 Å². The van der Waals surface area contributed by atoms with E-state index in [0.717, 1.165) is 0 Å². The zero-order valence-electron chi connectivity index (χ0n) is 6.56. The van der Waals surface area contributed by atoms with Crippen molar-refractivity contribution < 1.29 is 22.5 Å². The molecule has 70 valence electrons. The summed E-state index contributed by atoms with van der Waals surface area (Å²) in [6, 6.07) is 0. The normalized spacial score (nSPS) is 30.3. The molecular weight excluding hydrogens is 184 g/mol. The molecule has 12 heavy (non-hydrogen) atoms. The molecule has 0 aliphatic carbocycles. The number of ether oxygens (including phenoxy) is 1. The number of carbonyl (C=O) groups is 1. The van der Waals surface area contributed by atoms with Crippen molar-refractivity contribution in [1.82, 2.24) is 0 Å². The molecule has 0 bridgehead atoms. The van der Waals surface area contributed by atoms with Crippen molar-refractivity contribution in [3.63, 3.8) is 0 Å². The second-order valence-corrected chi connectivity index (χ2v) is 4.46. The van der Waals surface area contributed by atoms with Gasteiger partial charge in [-0.3, -0.25) is 9.35 Å². The summed E-state index contributed by atoms with van der Waals surface area (Å²) >= 11 is 0. The predicted molar refractivity (Wildman–Crippen MR) is 40.0 cm³/mol. The van der Waals surface area contributed by atoms with Gasteiger partial charge >= 0.3 is 5.97 Å². The Hall–Kier alpha value is -0.620. The van der Waals surface area contributed by atoms with Gasteiger partial charge in [0.15, 0.2) is 0 Å². The van der Waals surface area contributed by atoms with Crippen LogP contribution in [0.25, 0.3) is 0 Å². The van der Waals surface area contributed by atoms with Crippen LogP contribution in [-0.2, 0) is 19.6 Å². The summed E-state index contributed by atoms with van der Waals surface area (Å²) in [4.78, 5) is 10.9. The van der Waals surface area contributed by atoms with Crippen LogP contribution in [0.3, 0.4) is 0 Å². The number of hydrogen-bond acceptors (Lipinski definition) is 4. The number of esters is 1. The summed E-state index contributed by atoms with van der Waals surface area (Å²) < 4.78 is 33.9. The fourth-order valence-corrected chi connectivity index (χ4v) is 2.05. The Morgan fingerprint density at radius 1 is 1.67 bits per heavy atom. The van der Waals surface area contributed by atoms with E-state index in [0.29, 0.717) is 0 Å². The highest BCUT2D eigenvalue weighted by atomic mass is 32.2. The molecule has 0 aromatic rings. The summed E-state index contributed by atoms with van der Waals surface area (Å²) in [5.41, 5.74) is 0. The number of hydrogen-bond donors (Lipinski definition) is 1. The lowest BCUT2D eigenvalue weighted by Crippen LogP contribution is -2.23. The van der Waals surface area contributed by atoms with E-state index in [1.807, 2.05) is 0 Å². The minimum Gasteiger partial charge on any atom is -0.465 e. The summed E-state index contributed by atoms with van der Waals surface area (Å²) in [7, 11) is -4.07. The zero-order valence-corrected chi connectivity index (χ0v) is 7.37. The van der Waals surface area contributed by atoms with E-state index in [2.05, 4.69) is 4.74 Å². The molecule has 0 saturated carbocycles. The fourth-order valence-electron chi connectivity index (χ4n) is 1.13. The highest BCUT2D eigenvalue weighted by Gasteiger charge is 2.36. The van der Waals surface area contributed by atoms with E-state index < -0.39 is 27.8 Å². The molecule has 1 saturated heterocycles. The molecule has 6 heteroatoms. The van der Waals surface area contributed by atoms with Gasteiger partial charge in [-0.2, -0.15) is 8.42 Å². The molecule has 2 unspecified atom stereocenters. The second kappa shape index (κ2) is 3.02. The van der Waals surface area contributed by atoms with E-state index in [9.17, 15) is 13.2 Å². The SMILES string of the molecule is CC1COC(=O)C1CS(=O)(=O)O. The monoisotopic (exact) mass is 194 g/mol. The van der Waals surface area contributed by atoms with E-state index in [1.54, 1.807) is 6.92 Å². The molecule has 5 nitrogen and oxygen atoms in total. The van der Waals surface area contributed by atoms with Crippen molar-refractivity contribution in [3.8, 4) is 0 Å². The predicted octanol–water partition coefficient (Wildman–Crippen LogP) is -0.317. The van der Waals surface area contributed by atoms with E-state index in [-0.39, 0.29) is 12.5 Å². The van der Waals surface area contributed by atoms with Crippen molar-refractivity contribution in [2.24, 2.45) is 11.8 Å². The second-order valence-electron chi connectivity index (χ2n) is 2.96. The van der Waals surface area contributed by atoms with Crippen LogP contribution in [0, 0.1) is 11.8 Å². The number of carbonyl (C=O) groups excluding carboxylic acids is 1. The third kappa shape index (κ3) is 2.18. The smallest absolute Gasteiger partial charge is 0.310 e. The average molecular weight is 194 g/mol. The van der Waals surface area contributed by atoms with Crippen LogP contribution < -0.4 is 0 Å². The Labute approximate surface area is 70.5 Å². The van der Waals surface area contributed by atoms with Crippen molar-refractivity contribution in [1.29, 1.82) is 0 Å². The largest absolute Gasteiger partial charge is 0.465 e. The molecule has 0 aromatic heterocycles. The molecule has 1 aliphatic rings. The molecule has 0 spiro atoms. The Balaban J connectivity index is 2.69. The highest BCUT2D eigenvalue weighted by molar-refractivity contribution is 7.85. The summed E-state index contributed by atoms with van der Waals surface area (Å²) in [6.45, 7) is 1.94. The molecule has 0 radical (unpaired) electrons. The molecule has 1 heterocycles. The lowest BCUT2D eigenvalue weighted by Gasteiger charge is -2.06. The maximum absolute atomic E-state index is 10.9. The van der Waals surface area contributed by atoms with Gasteiger partial charge in [0.1, 0.15) is 0 Å².